The summed E-state index contributed by atoms with van der Waals surface area (Å²) in [5, 5.41) is 4.78. The molecule has 150 valence electrons. The monoisotopic (exact) mass is 426 g/mol. The Hall–Kier alpha value is -2.08. The van der Waals surface area contributed by atoms with Crippen LogP contribution in [0.2, 0.25) is 0 Å². The molecule has 2 aromatic carbocycles. The number of sulfone groups is 1. The van der Waals surface area contributed by atoms with Crippen molar-refractivity contribution in [2.75, 3.05) is 0 Å². The highest BCUT2D eigenvalue weighted by molar-refractivity contribution is 7.91. The normalized spacial score (nSPS) is 21.8. The molecular formula is C23H23ClN2O2S. The van der Waals surface area contributed by atoms with Crippen molar-refractivity contribution >= 4 is 39.2 Å². The Balaban J connectivity index is 0.00000181. The third kappa shape index (κ3) is 2.64. The molecular weight excluding hydrogens is 404 g/mol. The van der Waals surface area contributed by atoms with Crippen molar-refractivity contribution in [3.63, 3.8) is 0 Å². The molecule has 0 radical (unpaired) electrons. The lowest BCUT2D eigenvalue weighted by Crippen LogP contribution is -2.32. The van der Waals surface area contributed by atoms with Gasteiger partial charge in [-0.15, -0.1) is 12.4 Å². The molecule has 6 rings (SSSR count). The topological polar surface area (TPSA) is 51.1 Å². The number of nitrogens with zero attached hydrogens (tertiary/aromatic N) is 1. The first-order chi connectivity index (χ1) is 13.5. The van der Waals surface area contributed by atoms with Crippen LogP contribution in [-0.2, 0) is 29.7 Å². The number of fused-ring (bicyclic) bond motifs is 7. The molecule has 1 fully saturated rings. The minimum absolute atomic E-state index is 0. The number of benzene rings is 2. The van der Waals surface area contributed by atoms with Crippen molar-refractivity contribution in [3.05, 3.63) is 64.9 Å². The molecule has 4 nitrogen and oxygen atoms in total. The lowest BCUT2D eigenvalue weighted by molar-refractivity contribution is 0.503. The zero-order chi connectivity index (χ0) is 19.0. The molecule has 0 saturated carbocycles. The Morgan fingerprint density at radius 3 is 2.72 bits per heavy atom. The minimum Gasteiger partial charge on any atom is -0.347 e. The summed E-state index contributed by atoms with van der Waals surface area (Å²) in [7, 11) is -1.44. The van der Waals surface area contributed by atoms with Crippen LogP contribution in [0.15, 0.2) is 52.3 Å². The Kier molecular flexibility index (Phi) is 4.21. The first kappa shape index (κ1) is 18.9. The van der Waals surface area contributed by atoms with E-state index in [2.05, 4.69) is 29.1 Å². The maximum atomic E-state index is 13.4. The van der Waals surface area contributed by atoms with Gasteiger partial charge in [0.25, 0.3) is 0 Å². The van der Waals surface area contributed by atoms with Crippen LogP contribution in [-0.4, -0.2) is 19.0 Å². The zero-order valence-electron chi connectivity index (χ0n) is 16.2. The molecule has 6 heteroatoms. The fourth-order valence-corrected chi connectivity index (χ4v) is 6.62. The highest BCUT2D eigenvalue weighted by Crippen LogP contribution is 2.42. The van der Waals surface area contributed by atoms with Gasteiger partial charge in [-0.1, -0.05) is 18.2 Å². The van der Waals surface area contributed by atoms with E-state index < -0.39 is 9.84 Å². The molecule has 1 aliphatic carbocycles. The maximum Gasteiger partial charge on any atom is 0.206 e. The van der Waals surface area contributed by atoms with Gasteiger partial charge in [-0.3, -0.25) is 0 Å². The average molecular weight is 427 g/mol. The van der Waals surface area contributed by atoms with Crippen molar-refractivity contribution in [2.24, 2.45) is 7.05 Å². The third-order valence-corrected chi connectivity index (χ3v) is 8.48. The van der Waals surface area contributed by atoms with Gasteiger partial charge in [0, 0.05) is 42.1 Å². The number of rotatable bonds is 2. The van der Waals surface area contributed by atoms with Crippen molar-refractivity contribution in [1.82, 2.24) is 9.88 Å². The summed E-state index contributed by atoms with van der Waals surface area (Å²) in [6, 6.07) is 12.0. The number of aromatic nitrogens is 1. The van der Waals surface area contributed by atoms with Gasteiger partial charge in [0.1, 0.15) is 0 Å². The van der Waals surface area contributed by atoms with Gasteiger partial charge in [-0.25, -0.2) is 8.42 Å². The summed E-state index contributed by atoms with van der Waals surface area (Å²) in [6.45, 7) is 0. The Morgan fingerprint density at radius 2 is 1.86 bits per heavy atom. The van der Waals surface area contributed by atoms with Crippen molar-refractivity contribution in [2.45, 2.75) is 47.6 Å². The number of hydrogen-bond donors (Lipinski definition) is 1. The maximum absolute atomic E-state index is 13.4. The van der Waals surface area contributed by atoms with E-state index in [0.717, 1.165) is 41.3 Å². The van der Waals surface area contributed by atoms with Crippen molar-refractivity contribution in [3.8, 4) is 0 Å². The quantitative estimate of drug-likeness (QED) is 0.662. The predicted molar refractivity (Wildman–Crippen MR) is 117 cm³/mol. The Bertz CT molecular complexity index is 1290. The number of aryl methyl sites for hydroxylation is 1. The summed E-state index contributed by atoms with van der Waals surface area (Å²) in [4.78, 5) is 0.776. The zero-order valence-corrected chi connectivity index (χ0v) is 17.8. The highest BCUT2D eigenvalue weighted by Gasteiger charge is 2.36. The third-order valence-electron chi connectivity index (χ3n) is 6.73. The second kappa shape index (κ2) is 6.46. The molecule has 1 aromatic heterocycles. The summed E-state index contributed by atoms with van der Waals surface area (Å²) in [6.07, 6.45) is 8.28. The van der Waals surface area contributed by atoms with Gasteiger partial charge in [-0.2, -0.15) is 0 Å². The van der Waals surface area contributed by atoms with Crippen LogP contribution in [0, 0.1) is 0 Å². The summed E-state index contributed by atoms with van der Waals surface area (Å²) in [5.41, 5.74) is 5.99. The molecule has 2 atom stereocenters. The van der Waals surface area contributed by atoms with Gasteiger partial charge in [0.2, 0.25) is 9.84 Å². The van der Waals surface area contributed by atoms with Gasteiger partial charge in [0.15, 0.2) is 0 Å². The number of nitrogens with one attached hydrogen (secondary N) is 1. The van der Waals surface area contributed by atoms with E-state index in [1.165, 1.54) is 17.7 Å². The van der Waals surface area contributed by atoms with Gasteiger partial charge < -0.3 is 9.88 Å². The number of allylic oxidation sites excluding steroid dienone is 1. The highest BCUT2D eigenvalue weighted by atomic mass is 35.5. The van der Waals surface area contributed by atoms with Crippen LogP contribution in [0.4, 0.5) is 0 Å². The van der Waals surface area contributed by atoms with Crippen LogP contribution in [0.25, 0.3) is 17.0 Å². The van der Waals surface area contributed by atoms with E-state index in [1.807, 2.05) is 24.3 Å². The Morgan fingerprint density at radius 1 is 1.07 bits per heavy atom. The second-order valence-electron chi connectivity index (χ2n) is 8.27. The minimum atomic E-state index is -3.54. The molecule has 2 aliphatic heterocycles. The molecule has 29 heavy (non-hydrogen) atoms. The van der Waals surface area contributed by atoms with E-state index in [4.69, 9.17) is 0 Å². The molecule has 2 bridgehead atoms. The first-order valence-electron chi connectivity index (χ1n) is 9.94. The smallest absolute Gasteiger partial charge is 0.206 e. The molecule has 3 aliphatic rings. The van der Waals surface area contributed by atoms with E-state index >= 15 is 0 Å². The summed E-state index contributed by atoms with van der Waals surface area (Å²) in [5.74, 6) is 0. The lowest BCUT2D eigenvalue weighted by atomic mass is 9.99. The van der Waals surface area contributed by atoms with Gasteiger partial charge >= 0.3 is 0 Å². The van der Waals surface area contributed by atoms with Crippen molar-refractivity contribution < 1.29 is 8.42 Å². The standard InChI is InChI=1S/C23H22N2O2S.ClH/c1-25-21-10-8-18(13-19(21)23-20-9-6-16(24-20)12-22(23)25)28(26,27)17-7-5-14-3-2-4-15(14)11-17;/h2-3,5,7-8,10-11,13,16,20,24H,4,6,9,12H2,1H3;1H. The van der Waals surface area contributed by atoms with Crippen LogP contribution in [0.1, 0.15) is 41.3 Å². The molecule has 3 heterocycles. The number of hydrogen-bond acceptors (Lipinski definition) is 3. The van der Waals surface area contributed by atoms with E-state index in [9.17, 15) is 8.42 Å². The van der Waals surface area contributed by atoms with E-state index in [1.54, 1.807) is 12.1 Å². The molecule has 2 unspecified atom stereocenters. The predicted octanol–water partition coefficient (Wildman–Crippen LogP) is 4.35. The van der Waals surface area contributed by atoms with E-state index in [-0.39, 0.29) is 12.4 Å². The van der Waals surface area contributed by atoms with Crippen molar-refractivity contribution in [1.29, 1.82) is 0 Å². The SMILES string of the molecule is Cl.Cn1c2c(c3cc(S(=O)(=O)c4ccc5c(c4)CC=C5)ccc31)C1CCC(C2)N1. The van der Waals surface area contributed by atoms with E-state index in [0.29, 0.717) is 21.9 Å². The molecule has 1 N–H and O–H groups in total. The number of halogens is 1. The lowest BCUT2D eigenvalue weighted by Gasteiger charge is -2.23. The van der Waals surface area contributed by atoms with Crippen LogP contribution >= 0.6 is 12.4 Å². The fraction of sp³-hybridized carbons (Fsp3) is 0.304. The molecule has 3 aromatic rings. The molecule has 0 spiro atoms. The van der Waals surface area contributed by atoms with Crippen LogP contribution in [0.5, 0.6) is 0 Å². The Labute approximate surface area is 176 Å². The fourth-order valence-electron chi connectivity index (χ4n) is 5.29. The van der Waals surface area contributed by atoms with Gasteiger partial charge in [0.05, 0.1) is 9.79 Å². The summed E-state index contributed by atoms with van der Waals surface area (Å²) < 4.78 is 29.0. The average Bonchev–Trinajstić information content (AvgIpc) is 3.39. The second-order valence-corrected chi connectivity index (χ2v) is 10.2. The first-order valence-corrected chi connectivity index (χ1v) is 11.4. The largest absolute Gasteiger partial charge is 0.347 e. The molecule has 0 amide bonds. The van der Waals surface area contributed by atoms with Crippen LogP contribution in [0.3, 0.4) is 0 Å². The molecule has 1 saturated heterocycles. The van der Waals surface area contributed by atoms with Crippen LogP contribution < -0.4 is 5.32 Å². The van der Waals surface area contributed by atoms with Gasteiger partial charge in [-0.05, 0) is 66.3 Å². The summed E-state index contributed by atoms with van der Waals surface area (Å²) >= 11 is 0.